The Hall–Kier alpha value is -2.85. The lowest BCUT2D eigenvalue weighted by Crippen LogP contribution is -2.16. The van der Waals surface area contributed by atoms with Gasteiger partial charge in [0.1, 0.15) is 17.4 Å². The number of thioether (sulfide) groups is 1. The predicted octanol–water partition coefficient (Wildman–Crippen LogP) is 4.75. The van der Waals surface area contributed by atoms with Crippen LogP contribution in [0.3, 0.4) is 0 Å². The van der Waals surface area contributed by atoms with Crippen molar-refractivity contribution in [3.8, 4) is 5.75 Å². The van der Waals surface area contributed by atoms with Crippen LogP contribution in [0, 0.1) is 0 Å². The maximum absolute atomic E-state index is 12.4. The number of methoxy groups -OCH3 is 1. The van der Waals surface area contributed by atoms with Gasteiger partial charge in [-0.15, -0.1) is 21.5 Å². The number of anilines is 1. The topological polar surface area (TPSA) is 95.3 Å². The zero-order valence-corrected chi connectivity index (χ0v) is 21.0. The van der Waals surface area contributed by atoms with E-state index in [-0.39, 0.29) is 23.7 Å². The zero-order chi connectivity index (χ0) is 24.0. The lowest BCUT2D eigenvalue weighted by molar-refractivity contribution is -0.113. The lowest BCUT2D eigenvalue weighted by atomic mass is 9.87. The molecule has 0 aliphatic carbocycles. The van der Waals surface area contributed by atoms with Gasteiger partial charge in [-0.3, -0.25) is 4.79 Å². The first-order valence-electron chi connectivity index (χ1n) is 10.5. The van der Waals surface area contributed by atoms with Crippen molar-refractivity contribution < 1.29 is 19.1 Å². The van der Waals surface area contributed by atoms with Crippen LogP contribution in [0.4, 0.5) is 5.00 Å². The van der Waals surface area contributed by atoms with Gasteiger partial charge in [0.15, 0.2) is 11.0 Å². The summed E-state index contributed by atoms with van der Waals surface area (Å²) < 4.78 is 12.6. The van der Waals surface area contributed by atoms with E-state index in [1.165, 1.54) is 35.8 Å². The van der Waals surface area contributed by atoms with Crippen molar-refractivity contribution >= 4 is 40.0 Å². The van der Waals surface area contributed by atoms with Crippen molar-refractivity contribution in [1.29, 1.82) is 0 Å². The molecule has 2 heterocycles. The molecule has 0 spiro atoms. The summed E-state index contributed by atoms with van der Waals surface area (Å²) in [4.78, 5) is 24.2. The molecule has 10 heteroatoms. The van der Waals surface area contributed by atoms with Crippen molar-refractivity contribution in [2.24, 2.45) is 0 Å². The van der Waals surface area contributed by atoms with Gasteiger partial charge in [0.05, 0.1) is 18.4 Å². The van der Waals surface area contributed by atoms with Crippen LogP contribution in [0.25, 0.3) is 0 Å². The molecule has 2 aromatic heterocycles. The van der Waals surface area contributed by atoms with E-state index in [1.807, 2.05) is 23.6 Å². The first kappa shape index (κ1) is 24.8. The van der Waals surface area contributed by atoms with Gasteiger partial charge in [-0.2, -0.15) is 0 Å². The summed E-state index contributed by atoms with van der Waals surface area (Å²) in [5, 5.41) is 14.0. The van der Waals surface area contributed by atoms with E-state index in [0.29, 0.717) is 28.1 Å². The van der Waals surface area contributed by atoms with E-state index in [2.05, 4.69) is 48.4 Å². The molecule has 0 atom stereocenters. The van der Waals surface area contributed by atoms with Gasteiger partial charge in [-0.25, -0.2) is 4.79 Å². The van der Waals surface area contributed by atoms with Crippen LogP contribution in [-0.2, 0) is 28.1 Å². The van der Waals surface area contributed by atoms with E-state index >= 15 is 0 Å². The Bertz CT molecular complexity index is 1100. The molecule has 0 fully saturated rings. The second kappa shape index (κ2) is 10.8. The molecule has 0 saturated carbocycles. The molecule has 1 N–H and O–H groups in total. The van der Waals surface area contributed by atoms with Gasteiger partial charge in [0.25, 0.3) is 0 Å². The molecule has 0 unspecified atom stereocenters. The van der Waals surface area contributed by atoms with Crippen LogP contribution in [-0.4, -0.2) is 39.5 Å². The van der Waals surface area contributed by atoms with E-state index < -0.39 is 5.97 Å². The van der Waals surface area contributed by atoms with Gasteiger partial charge in [-0.1, -0.05) is 44.7 Å². The molecule has 1 aromatic carbocycles. The van der Waals surface area contributed by atoms with Crippen LogP contribution >= 0.6 is 23.1 Å². The number of nitrogens with zero attached hydrogens (tertiary/aromatic N) is 3. The number of benzene rings is 1. The second-order valence-corrected chi connectivity index (χ2v) is 10.1. The van der Waals surface area contributed by atoms with E-state index in [0.717, 1.165) is 5.75 Å². The highest BCUT2D eigenvalue weighted by atomic mass is 32.2. The molecule has 0 bridgehead atoms. The Morgan fingerprint density at radius 1 is 1.15 bits per heavy atom. The standard InChI is InChI=1S/C23H28N4O4S2/c1-6-27-18(13-31-16-9-7-15(8-10-16)23(2,3)4)25-26-22(27)33-14-19(28)24-20-17(11-12-32-20)21(29)30-5/h7-12H,6,13-14H2,1-5H3,(H,24,28). The molecule has 0 aliphatic rings. The molecule has 0 saturated heterocycles. The third-order valence-electron chi connectivity index (χ3n) is 4.85. The summed E-state index contributed by atoms with van der Waals surface area (Å²) in [6.45, 7) is 9.43. The Kier molecular flexibility index (Phi) is 8.15. The van der Waals surface area contributed by atoms with E-state index in [4.69, 9.17) is 9.47 Å². The minimum atomic E-state index is -0.484. The Labute approximate surface area is 201 Å². The molecular weight excluding hydrogens is 460 g/mol. The van der Waals surface area contributed by atoms with Crippen LogP contribution in [0.5, 0.6) is 5.75 Å². The number of aromatic nitrogens is 3. The van der Waals surface area contributed by atoms with Crippen LogP contribution in [0.1, 0.15) is 49.4 Å². The first-order chi connectivity index (χ1) is 15.7. The van der Waals surface area contributed by atoms with E-state index in [9.17, 15) is 9.59 Å². The first-order valence-corrected chi connectivity index (χ1v) is 12.3. The summed E-state index contributed by atoms with van der Waals surface area (Å²) in [6, 6.07) is 9.68. The summed E-state index contributed by atoms with van der Waals surface area (Å²) in [5.41, 5.74) is 1.67. The maximum atomic E-state index is 12.4. The smallest absolute Gasteiger partial charge is 0.340 e. The molecule has 3 rings (SSSR count). The lowest BCUT2D eigenvalue weighted by Gasteiger charge is -2.19. The number of thiophene rings is 1. The van der Waals surface area contributed by atoms with Crippen LogP contribution < -0.4 is 10.1 Å². The van der Waals surface area contributed by atoms with Crippen molar-refractivity contribution in [3.05, 3.63) is 52.7 Å². The molecule has 1 amide bonds. The monoisotopic (exact) mass is 488 g/mol. The summed E-state index contributed by atoms with van der Waals surface area (Å²) in [5.74, 6) is 0.856. The number of hydrogen-bond acceptors (Lipinski definition) is 8. The highest BCUT2D eigenvalue weighted by Gasteiger charge is 2.18. The molecule has 0 radical (unpaired) electrons. The van der Waals surface area contributed by atoms with Crippen LogP contribution in [0.15, 0.2) is 40.9 Å². The normalized spacial score (nSPS) is 11.3. The molecule has 176 valence electrons. The van der Waals surface area contributed by atoms with Gasteiger partial charge < -0.3 is 19.4 Å². The van der Waals surface area contributed by atoms with Crippen molar-refractivity contribution in [2.45, 2.75) is 51.4 Å². The highest BCUT2D eigenvalue weighted by molar-refractivity contribution is 7.99. The van der Waals surface area contributed by atoms with Crippen LogP contribution in [0.2, 0.25) is 0 Å². The Morgan fingerprint density at radius 3 is 2.52 bits per heavy atom. The molecular formula is C23H28N4O4S2. The average molecular weight is 489 g/mol. The van der Waals surface area contributed by atoms with Gasteiger partial charge in [0.2, 0.25) is 5.91 Å². The Balaban J connectivity index is 1.57. The average Bonchev–Trinajstić information content (AvgIpc) is 3.41. The molecule has 3 aromatic rings. The van der Waals surface area contributed by atoms with E-state index in [1.54, 1.807) is 11.4 Å². The molecule has 33 heavy (non-hydrogen) atoms. The number of esters is 1. The number of hydrogen-bond donors (Lipinski definition) is 1. The number of carbonyl (C=O) groups excluding carboxylic acids is 2. The maximum Gasteiger partial charge on any atom is 0.340 e. The third kappa shape index (κ3) is 6.35. The largest absolute Gasteiger partial charge is 0.486 e. The number of carbonyl (C=O) groups is 2. The minimum absolute atomic E-state index is 0.0870. The van der Waals surface area contributed by atoms with Gasteiger partial charge in [0, 0.05) is 6.54 Å². The van der Waals surface area contributed by atoms with Crippen molar-refractivity contribution in [1.82, 2.24) is 14.8 Å². The fraction of sp³-hybridized carbons (Fsp3) is 0.391. The fourth-order valence-electron chi connectivity index (χ4n) is 3.02. The quantitative estimate of drug-likeness (QED) is 0.343. The third-order valence-corrected chi connectivity index (χ3v) is 6.65. The van der Waals surface area contributed by atoms with Crippen molar-refractivity contribution in [2.75, 3.05) is 18.2 Å². The number of ether oxygens (including phenoxy) is 2. The molecule has 0 aliphatic heterocycles. The number of nitrogens with one attached hydrogen (secondary N) is 1. The number of amides is 1. The predicted molar refractivity (Wildman–Crippen MR) is 130 cm³/mol. The Morgan fingerprint density at radius 2 is 1.88 bits per heavy atom. The highest BCUT2D eigenvalue weighted by Crippen LogP contribution is 2.26. The molecule has 8 nitrogen and oxygen atoms in total. The minimum Gasteiger partial charge on any atom is -0.486 e. The fourth-order valence-corrected chi connectivity index (χ4v) is 4.63. The second-order valence-electron chi connectivity index (χ2n) is 8.20. The van der Waals surface area contributed by atoms with Gasteiger partial charge in [-0.05, 0) is 41.5 Å². The SMILES string of the molecule is CCn1c(COc2ccc(C(C)(C)C)cc2)nnc1SCC(=O)Nc1sccc1C(=O)OC. The zero-order valence-electron chi connectivity index (χ0n) is 19.4. The number of rotatable bonds is 9. The van der Waals surface area contributed by atoms with Gasteiger partial charge >= 0.3 is 5.97 Å². The summed E-state index contributed by atoms with van der Waals surface area (Å²) in [6.07, 6.45) is 0. The van der Waals surface area contributed by atoms with Crippen molar-refractivity contribution in [3.63, 3.8) is 0 Å². The summed E-state index contributed by atoms with van der Waals surface area (Å²) in [7, 11) is 1.31. The summed E-state index contributed by atoms with van der Waals surface area (Å²) >= 11 is 2.55.